The second-order valence-corrected chi connectivity index (χ2v) is 18.8. The first-order valence-corrected chi connectivity index (χ1v) is 24.9. The van der Waals surface area contributed by atoms with E-state index in [4.69, 9.17) is 0 Å². The number of ketones is 4. The van der Waals surface area contributed by atoms with E-state index in [2.05, 4.69) is 52.0 Å². The summed E-state index contributed by atoms with van der Waals surface area (Å²) in [6, 6.07) is 28.2. The molecule has 0 amide bonds. The number of unbranched alkanes of at least 4 members (excludes halogenated alkanes) is 12. The van der Waals surface area contributed by atoms with Gasteiger partial charge in [0.1, 0.15) is 0 Å². The third kappa shape index (κ3) is 9.35. The molecule has 4 heteroatoms. The van der Waals surface area contributed by atoms with Crippen molar-refractivity contribution in [1.82, 2.24) is 0 Å². The van der Waals surface area contributed by atoms with Crippen LogP contribution in [-0.4, -0.2) is 23.1 Å². The molecule has 0 aliphatic heterocycles. The Morgan fingerprint density at radius 3 is 0.781 bits per heavy atom. The van der Waals surface area contributed by atoms with Gasteiger partial charge < -0.3 is 0 Å². The summed E-state index contributed by atoms with van der Waals surface area (Å²) in [5.41, 5.74) is 10.9. The smallest absolute Gasteiger partial charge is 0.194 e. The Kier molecular flexibility index (Phi) is 14.5. The Balaban J connectivity index is 1.09. The summed E-state index contributed by atoms with van der Waals surface area (Å²) in [4.78, 5) is 57.1. The summed E-state index contributed by atoms with van der Waals surface area (Å²) >= 11 is 0. The summed E-state index contributed by atoms with van der Waals surface area (Å²) in [6.07, 6.45) is 22.3. The number of aryl methyl sites for hydroxylation is 4. The fourth-order valence-electron chi connectivity index (χ4n) is 10.3. The zero-order chi connectivity index (χ0) is 44.7. The first kappa shape index (κ1) is 45.1. The molecule has 0 unspecified atom stereocenters. The molecule has 6 aromatic rings. The summed E-state index contributed by atoms with van der Waals surface area (Å²) in [6.45, 7) is 8.89. The van der Waals surface area contributed by atoms with E-state index in [1.165, 1.54) is 99.3 Å². The van der Waals surface area contributed by atoms with Gasteiger partial charge in [-0.25, -0.2) is 0 Å². The molecule has 2 aliphatic rings. The van der Waals surface area contributed by atoms with Gasteiger partial charge >= 0.3 is 0 Å². The Labute approximate surface area is 381 Å². The van der Waals surface area contributed by atoms with Crippen molar-refractivity contribution in [2.45, 2.75) is 156 Å². The van der Waals surface area contributed by atoms with Crippen molar-refractivity contribution in [3.63, 3.8) is 0 Å². The van der Waals surface area contributed by atoms with Crippen LogP contribution in [0.1, 0.15) is 216 Å². The lowest BCUT2D eigenvalue weighted by Crippen LogP contribution is -2.22. The molecule has 0 bridgehead atoms. The average Bonchev–Trinajstić information content (AvgIpc) is 3.31. The van der Waals surface area contributed by atoms with Gasteiger partial charge in [-0.1, -0.05) is 129 Å². The molecule has 2 aliphatic carbocycles. The van der Waals surface area contributed by atoms with E-state index in [0.717, 1.165) is 84.0 Å². The Morgan fingerprint density at radius 2 is 0.516 bits per heavy atom. The molecule has 0 spiro atoms. The maximum atomic E-state index is 14.3. The number of rotatable bonds is 21. The highest BCUT2D eigenvalue weighted by Crippen LogP contribution is 2.38. The van der Waals surface area contributed by atoms with E-state index in [1.54, 1.807) is 0 Å². The third-order valence-electron chi connectivity index (χ3n) is 14.1. The van der Waals surface area contributed by atoms with Gasteiger partial charge in [0, 0.05) is 44.5 Å². The lowest BCUT2D eigenvalue weighted by atomic mass is 9.79. The summed E-state index contributed by atoms with van der Waals surface area (Å²) in [7, 11) is 0. The SMILES string of the molecule is CCCCCCc1cc2c(cc1CCCCCC)C(=O)c1cc3cc(-c4ccc5cc6c(cc5c4)C(=O)c4cc(CCCCCC)c(CCCCCC)cc4C6=O)ccc3cc1C2=O. The number of carbonyl (C=O) groups excluding carboxylic acids is 4. The van der Waals surface area contributed by atoms with Gasteiger partial charge in [0.05, 0.1) is 0 Å². The van der Waals surface area contributed by atoms with Crippen LogP contribution in [0.25, 0.3) is 32.7 Å². The second kappa shape index (κ2) is 20.6. The maximum absolute atomic E-state index is 14.3. The molecule has 8 rings (SSSR count). The van der Waals surface area contributed by atoms with Crippen LogP contribution in [-0.2, 0) is 25.7 Å². The van der Waals surface area contributed by atoms with Gasteiger partial charge in [0.15, 0.2) is 23.1 Å². The fourth-order valence-corrected chi connectivity index (χ4v) is 10.3. The first-order valence-electron chi connectivity index (χ1n) is 24.9. The molecular weight excluding hydrogens is 785 g/mol. The average molecular weight is 851 g/mol. The van der Waals surface area contributed by atoms with Gasteiger partial charge in [0.2, 0.25) is 0 Å². The lowest BCUT2D eigenvalue weighted by molar-refractivity contribution is 0.0979. The van der Waals surface area contributed by atoms with Gasteiger partial charge in [-0.3, -0.25) is 19.2 Å². The van der Waals surface area contributed by atoms with Gasteiger partial charge in [-0.2, -0.15) is 0 Å². The lowest BCUT2D eigenvalue weighted by Gasteiger charge is -2.22. The molecule has 0 fully saturated rings. The molecule has 0 heterocycles. The quantitative estimate of drug-likeness (QED) is 0.0675. The number of hydrogen-bond donors (Lipinski definition) is 0. The number of carbonyl (C=O) groups is 4. The molecule has 0 saturated heterocycles. The normalized spacial score (nSPS) is 13.1. The third-order valence-corrected chi connectivity index (χ3v) is 14.1. The van der Waals surface area contributed by atoms with E-state index < -0.39 is 0 Å². The minimum Gasteiger partial charge on any atom is -0.289 e. The molecule has 64 heavy (non-hydrogen) atoms. The minimum atomic E-state index is -0.0766. The molecule has 0 radical (unpaired) electrons. The molecule has 0 N–H and O–H groups in total. The number of benzene rings is 6. The van der Waals surface area contributed by atoms with Crippen LogP contribution in [0.5, 0.6) is 0 Å². The molecular formula is C60H66O4. The zero-order valence-electron chi connectivity index (χ0n) is 38.9. The molecule has 0 aromatic heterocycles. The Hall–Kier alpha value is -5.48. The van der Waals surface area contributed by atoms with Crippen molar-refractivity contribution in [2.75, 3.05) is 0 Å². The van der Waals surface area contributed by atoms with Crippen LogP contribution < -0.4 is 0 Å². The van der Waals surface area contributed by atoms with Crippen LogP contribution in [0.4, 0.5) is 0 Å². The van der Waals surface area contributed by atoms with E-state index in [-0.39, 0.29) is 23.1 Å². The van der Waals surface area contributed by atoms with E-state index in [1.807, 2.05) is 60.7 Å². The van der Waals surface area contributed by atoms with Gasteiger partial charge in [-0.15, -0.1) is 0 Å². The van der Waals surface area contributed by atoms with Gasteiger partial charge in [0.25, 0.3) is 0 Å². The predicted octanol–water partition coefficient (Wildman–Crippen LogP) is 15.7. The molecule has 330 valence electrons. The fraction of sp³-hybridized carbons (Fsp3) is 0.400. The monoisotopic (exact) mass is 850 g/mol. The highest BCUT2D eigenvalue weighted by atomic mass is 16.1. The second-order valence-electron chi connectivity index (χ2n) is 18.8. The molecule has 6 aromatic carbocycles. The molecule has 0 atom stereocenters. The minimum absolute atomic E-state index is 0.0671. The van der Waals surface area contributed by atoms with Crippen LogP contribution in [0.3, 0.4) is 0 Å². The largest absolute Gasteiger partial charge is 0.289 e. The van der Waals surface area contributed by atoms with Crippen LogP contribution in [0.2, 0.25) is 0 Å². The zero-order valence-corrected chi connectivity index (χ0v) is 38.9. The van der Waals surface area contributed by atoms with Crippen molar-refractivity contribution in [3.8, 4) is 11.1 Å². The van der Waals surface area contributed by atoms with Gasteiger partial charge in [-0.05, 0) is 167 Å². The van der Waals surface area contributed by atoms with Crippen LogP contribution in [0.15, 0.2) is 84.9 Å². The standard InChI is InChI=1S/C60H66O4/c1-5-9-13-17-21-39-31-49-51(33-41(39)23-19-15-11-7-3)59(63)55-37-47-29-43(25-27-45(47)35-53(55)57(49)61)44-26-28-46-36-54-56(38-48(46)30-44)60(64)52-34-42(24-20-16-12-8-4)40(22-18-14-10-6-2)32-50(52)58(54)62/h25-38H,5-24H2,1-4H3. The van der Waals surface area contributed by atoms with Crippen LogP contribution >= 0.6 is 0 Å². The number of hydrogen-bond acceptors (Lipinski definition) is 4. The van der Waals surface area contributed by atoms with Crippen molar-refractivity contribution < 1.29 is 19.2 Å². The summed E-state index contributed by atoms with van der Waals surface area (Å²) < 4.78 is 0. The summed E-state index contributed by atoms with van der Waals surface area (Å²) in [5.74, 6) is -0.287. The maximum Gasteiger partial charge on any atom is 0.194 e. The summed E-state index contributed by atoms with van der Waals surface area (Å²) in [5, 5.41) is 3.61. The van der Waals surface area contributed by atoms with Crippen molar-refractivity contribution >= 4 is 44.7 Å². The van der Waals surface area contributed by atoms with Crippen LogP contribution in [0, 0.1) is 0 Å². The highest BCUT2D eigenvalue weighted by Gasteiger charge is 2.33. The highest BCUT2D eigenvalue weighted by molar-refractivity contribution is 6.31. The Bertz CT molecular complexity index is 2560. The van der Waals surface area contributed by atoms with E-state index in [0.29, 0.717) is 44.5 Å². The van der Waals surface area contributed by atoms with Crippen molar-refractivity contribution in [2.24, 2.45) is 0 Å². The van der Waals surface area contributed by atoms with E-state index in [9.17, 15) is 19.2 Å². The topological polar surface area (TPSA) is 68.3 Å². The first-order chi connectivity index (χ1) is 31.2. The number of fused-ring (bicyclic) bond motifs is 6. The van der Waals surface area contributed by atoms with Crippen molar-refractivity contribution in [3.05, 3.63) is 152 Å². The molecule has 0 saturated carbocycles. The van der Waals surface area contributed by atoms with Crippen molar-refractivity contribution in [1.29, 1.82) is 0 Å². The Morgan fingerprint density at radius 1 is 0.266 bits per heavy atom. The molecule has 4 nitrogen and oxygen atoms in total. The predicted molar refractivity (Wildman–Crippen MR) is 265 cm³/mol. The van der Waals surface area contributed by atoms with E-state index >= 15 is 0 Å².